The van der Waals surface area contributed by atoms with Gasteiger partial charge in [-0.1, -0.05) is 72.3 Å². The van der Waals surface area contributed by atoms with Crippen LogP contribution in [0.15, 0.2) is 125 Å². The van der Waals surface area contributed by atoms with Crippen molar-refractivity contribution in [2.45, 2.75) is 16.7 Å². The molecular formula is C31H26ClN3O5S2. The highest BCUT2D eigenvalue weighted by atomic mass is 35.5. The number of aryl methyl sites for hydroxylation is 1. The molecular weight excluding hydrogens is 594 g/mol. The Kier molecular flexibility index (Phi) is 8.22. The minimum Gasteiger partial charge on any atom is -0.325 e. The van der Waals surface area contributed by atoms with Crippen molar-refractivity contribution in [1.29, 1.82) is 0 Å². The highest BCUT2D eigenvalue weighted by Gasteiger charge is 2.28. The Labute approximate surface area is 249 Å². The molecule has 0 unspecified atom stereocenters. The molecule has 5 aromatic rings. The van der Waals surface area contributed by atoms with Crippen LogP contribution in [0.2, 0.25) is 5.02 Å². The summed E-state index contributed by atoms with van der Waals surface area (Å²) < 4.78 is 57.0. The zero-order valence-corrected chi connectivity index (χ0v) is 24.7. The van der Waals surface area contributed by atoms with Crippen LogP contribution in [0.5, 0.6) is 0 Å². The second-order valence-electron chi connectivity index (χ2n) is 9.46. The molecule has 0 saturated carbocycles. The van der Waals surface area contributed by atoms with Crippen molar-refractivity contribution < 1.29 is 21.6 Å². The summed E-state index contributed by atoms with van der Waals surface area (Å²) >= 11 is 6.18. The topological polar surface area (TPSA) is 113 Å². The van der Waals surface area contributed by atoms with Crippen LogP contribution in [-0.4, -0.2) is 29.3 Å². The number of benzene rings is 5. The minimum atomic E-state index is -4.13. The summed E-state index contributed by atoms with van der Waals surface area (Å²) in [6, 6.07) is 31.0. The van der Waals surface area contributed by atoms with E-state index in [0.29, 0.717) is 22.0 Å². The van der Waals surface area contributed by atoms with Gasteiger partial charge in [0.15, 0.2) is 0 Å². The van der Waals surface area contributed by atoms with E-state index >= 15 is 0 Å². The number of carbonyl (C=O) groups is 1. The van der Waals surface area contributed by atoms with Gasteiger partial charge in [0, 0.05) is 16.1 Å². The van der Waals surface area contributed by atoms with Crippen LogP contribution in [0.25, 0.3) is 10.8 Å². The lowest BCUT2D eigenvalue weighted by Gasteiger charge is -2.26. The lowest BCUT2D eigenvalue weighted by Crippen LogP contribution is -2.38. The predicted molar refractivity (Wildman–Crippen MR) is 167 cm³/mol. The van der Waals surface area contributed by atoms with Crippen LogP contribution >= 0.6 is 11.6 Å². The van der Waals surface area contributed by atoms with Gasteiger partial charge in [-0.15, -0.1) is 0 Å². The average Bonchev–Trinajstić information content (AvgIpc) is 2.98. The molecule has 0 aliphatic heterocycles. The Morgan fingerprint density at radius 2 is 1.43 bits per heavy atom. The first kappa shape index (κ1) is 29.1. The summed E-state index contributed by atoms with van der Waals surface area (Å²) in [5.74, 6) is -0.627. The van der Waals surface area contributed by atoms with Crippen molar-refractivity contribution in [3.8, 4) is 0 Å². The first-order chi connectivity index (χ1) is 20.0. The second-order valence-corrected chi connectivity index (χ2v) is 13.4. The van der Waals surface area contributed by atoms with E-state index in [4.69, 9.17) is 11.6 Å². The molecule has 0 aliphatic rings. The molecule has 8 nitrogen and oxygen atoms in total. The highest BCUT2D eigenvalue weighted by molar-refractivity contribution is 7.93. The molecule has 0 atom stereocenters. The quantitative estimate of drug-likeness (QED) is 0.197. The maximum absolute atomic E-state index is 13.6. The van der Waals surface area contributed by atoms with Crippen LogP contribution in [0.3, 0.4) is 0 Å². The van der Waals surface area contributed by atoms with Gasteiger partial charge in [0.25, 0.3) is 20.0 Å². The molecule has 214 valence electrons. The molecule has 0 radical (unpaired) electrons. The van der Waals surface area contributed by atoms with E-state index in [0.717, 1.165) is 15.1 Å². The molecule has 2 N–H and O–H groups in total. The number of rotatable bonds is 9. The van der Waals surface area contributed by atoms with E-state index in [1.807, 2.05) is 30.3 Å². The summed E-state index contributed by atoms with van der Waals surface area (Å²) in [5, 5.41) is 4.63. The van der Waals surface area contributed by atoms with Crippen molar-refractivity contribution >= 4 is 65.4 Å². The molecule has 0 aliphatic carbocycles. The average molecular weight is 620 g/mol. The molecule has 11 heteroatoms. The number of fused-ring (bicyclic) bond motifs is 1. The number of sulfonamides is 2. The Bertz CT molecular complexity index is 1980. The molecule has 5 aromatic carbocycles. The summed E-state index contributed by atoms with van der Waals surface area (Å²) in [6.45, 7) is 1.18. The van der Waals surface area contributed by atoms with E-state index in [1.54, 1.807) is 49.4 Å². The Morgan fingerprint density at radius 3 is 2.17 bits per heavy atom. The van der Waals surface area contributed by atoms with Crippen molar-refractivity contribution in [1.82, 2.24) is 0 Å². The van der Waals surface area contributed by atoms with Crippen LogP contribution in [0.1, 0.15) is 5.56 Å². The molecule has 0 heterocycles. The van der Waals surface area contributed by atoms with Crippen LogP contribution in [-0.2, 0) is 24.8 Å². The van der Waals surface area contributed by atoms with Gasteiger partial charge in [0.1, 0.15) is 6.54 Å². The van der Waals surface area contributed by atoms with Crippen molar-refractivity contribution in [2.24, 2.45) is 0 Å². The molecule has 0 spiro atoms. The van der Waals surface area contributed by atoms with Crippen molar-refractivity contribution in [3.05, 3.63) is 126 Å². The van der Waals surface area contributed by atoms with E-state index in [2.05, 4.69) is 10.0 Å². The normalized spacial score (nSPS) is 11.7. The number of nitrogens with one attached hydrogen (secondary N) is 2. The Morgan fingerprint density at radius 1 is 0.762 bits per heavy atom. The van der Waals surface area contributed by atoms with Gasteiger partial charge in [-0.25, -0.2) is 16.8 Å². The smallest absolute Gasteiger partial charge is 0.264 e. The maximum Gasteiger partial charge on any atom is 0.264 e. The summed E-state index contributed by atoms with van der Waals surface area (Å²) in [4.78, 5) is 13.2. The SMILES string of the molecule is Cc1ccc(Cl)cc1N(CC(=O)Nc1ccc(S(=O)(=O)Nc2cccc3ccccc23)cc1)S(=O)(=O)c1ccccc1. The largest absolute Gasteiger partial charge is 0.325 e. The highest BCUT2D eigenvalue weighted by Crippen LogP contribution is 2.30. The van der Waals surface area contributed by atoms with Gasteiger partial charge >= 0.3 is 0 Å². The number of hydrogen-bond donors (Lipinski definition) is 2. The summed E-state index contributed by atoms with van der Waals surface area (Å²) in [7, 11) is -8.05. The fourth-order valence-corrected chi connectivity index (χ4v) is 7.18. The number of hydrogen-bond acceptors (Lipinski definition) is 5. The number of anilines is 3. The second kappa shape index (κ2) is 11.8. The zero-order valence-electron chi connectivity index (χ0n) is 22.4. The van der Waals surface area contributed by atoms with Gasteiger partial charge in [-0.2, -0.15) is 0 Å². The van der Waals surface area contributed by atoms with E-state index in [-0.39, 0.29) is 15.5 Å². The molecule has 0 aromatic heterocycles. The first-order valence-electron chi connectivity index (χ1n) is 12.8. The van der Waals surface area contributed by atoms with Gasteiger partial charge in [0.05, 0.1) is 21.2 Å². The first-order valence-corrected chi connectivity index (χ1v) is 16.1. The zero-order chi connectivity index (χ0) is 29.9. The molecule has 0 saturated heterocycles. The van der Waals surface area contributed by atoms with Gasteiger partial charge in [-0.3, -0.25) is 13.8 Å². The molecule has 0 fully saturated rings. The Hall–Kier alpha value is -4.38. The van der Waals surface area contributed by atoms with Crippen LogP contribution in [0.4, 0.5) is 17.1 Å². The number of halogens is 1. The van der Waals surface area contributed by atoms with E-state index in [9.17, 15) is 21.6 Å². The number of nitrogens with zero attached hydrogens (tertiary/aromatic N) is 1. The summed E-state index contributed by atoms with van der Waals surface area (Å²) in [5.41, 5.74) is 1.62. The maximum atomic E-state index is 13.6. The van der Waals surface area contributed by atoms with Crippen LogP contribution < -0.4 is 14.3 Å². The van der Waals surface area contributed by atoms with Crippen molar-refractivity contribution in [2.75, 3.05) is 20.9 Å². The summed E-state index contributed by atoms with van der Waals surface area (Å²) in [6.07, 6.45) is 0. The lowest BCUT2D eigenvalue weighted by atomic mass is 10.1. The molecule has 42 heavy (non-hydrogen) atoms. The van der Waals surface area contributed by atoms with Gasteiger partial charge in [0.2, 0.25) is 5.91 Å². The molecule has 0 bridgehead atoms. The fraction of sp³-hybridized carbons (Fsp3) is 0.0645. The number of carbonyl (C=O) groups excluding carboxylic acids is 1. The third kappa shape index (κ3) is 6.25. The molecule has 5 rings (SSSR count). The lowest BCUT2D eigenvalue weighted by molar-refractivity contribution is -0.114. The minimum absolute atomic E-state index is 0.00346. The molecule has 1 amide bonds. The van der Waals surface area contributed by atoms with Crippen molar-refractivity contribution in [3.63, 3.8) is 0 Å². The predicted octanol–water partition coefficient (Wildman–Crippen LogP) is 6.44. The number of amides is 1. The van der Waals surface area contributed by atoms with Gasteiger partial charge < -0.3 is 5.32 Å². The van der Waals surface area contributed by atoms with E-state index in [1.165, 1.54) is 42.5 Å². The standard InChI is InChI=1S/C31H26ClN3O5S2/c1-22-14-15-24(32)20-30(22)35(42(39,40)27-10-3-2-4-11-27)21-31(36)33-25-16-18-26(19-17-25)41(37,38)34-29-13-7-9-23-8-5-6-12-28(23)29/h2-20,34H,21H2,1H3,(H,33,36). The Balaban J connectivity index is 1.36. The van der Waals surface area contributed by atoms with E-state index < -0.39 is 32.5 Å². The fourth-order valence-electron chi connectivity index (χ4n) is 4.44. The third-order valence-corrected chi connectivity index (χ3v) is 9.93. The monoisotopic (exact) mass is 619 g/mol. The third-order valence-electron chi connectivity index (χ3n) is 6.54. The van der Waals surface area contributed by atoms with Crippen LogP contribution in [0, 0.1) is 6.92 Å². The van der Waals surface area contributed by atoms with Gasteiger partial charge in [-0.05, 0) is 72.5 Å².